The Balaban J connectivity index is 0.000000359. The van der Waals surface area contributed by atoms with Gasteiger partial charge in [0, 0.05) is 23.2 Å². The van der Waals surface area contributed by atoms with Crippen molar-refractivity contribution in [3.63, 3.8) is 0 Å². The summed E-state index contributed by atoms with van der Waals surface area (Å²) in [5.74, 6) is -1.89. The number of pyridine rings is 1. The van der Waals surface area contributed by atoms with Gasteiger partial charge in [0.2, 0.25) is 0 Å². The molecule has 0 aliphatic carbocycles. The van der Waals surface area contributed by atoms with Gasteiger partial charge in [0.15, 0.2) is 12.2 Å². The predicted octanol–water partition coefficient (Wildman–Crippen LogP) is 1.50. The van der Waals surface area contributed by atoms with E-state index in [9.17, 15) is 9.59 Å². The molecule has 0 aliphatic heterocycles. The number of benzene rings is 1. The van der Waals surface area contributed by atoms with Crippen LogP contribution in [0.4, 0.5) is 0 Å². The highest BCUT2D eigenvalue weighted by Gasteiger charge is 2.29. The van der Waals surface area contributed by atoms with Gasteiger partial charge in [-0.05, 0) is 50.1 Å². The molecule has 0 saturated heterocycles. The number of ether oxygens (including phenoxy) is 1. The van der Waals surface area contributed by atoms with Crippen LogP contribution >= 0.6 is 11.8 Å². The molecule has 0 unspecified atom stereocenters. The number of aliphatic carboxylic acids is 2. The van der Waals surface area contributed by atoms with Crippen LogP contribution in [-0.4, -0.2) is 62.9 Å². The van der Waals surface area contributed by atoms with E-state index in [1.54, 1.807) is 24.2 Å². The molecule has 1 heterocycles. The summed E-state index contributed by atoms with van der Waals surface area (Å²) in [5, 5.41) is 35.7. The Kier molecular flexibility index (Phi) is 10.1. The molecule has 2 atom stereocenters. The first-order chi connectivity index (χ1) is 13.7. The lowest BCUT2D eigenvalue weighted by Gasteiger charge is -2.11. The fraction of sp³-hybridized carbons (Fsp3) is 0.316. The van der Waals surface area contributed by atoms with Crippen molar-refractivity contribution in [1.29, 1.82) is 0 Å². The van der Waals surface area contributed by atoms with Gasteiger partial charge in [0.25, 0.3) is 0 Å². The van der Waals surface area contributed by atoms with Gasteiger partial charge >= 0.3 is 11.9 Å². The number of aryl methyl sites for hydroxylation is 1. The van der Waals surface area contributed by atoms with E-state index in [4.69, 9.17) is 25.2 Å². The smallest absolute Gasteiger partial charge is 0.335 e. The van der Waals surface area contributed by atoms with E-state index in [1.165, 1.54) is 10.5 Å². The Labute approximate surface area is 172 Å². The topological polar surface area (TPSA) is 149 Å². The number of nitrogens with zero attached hydrogens (tertiary/aromatic N) is 1. The number of carboxylic acids is 2. The molecule has 9 nitrogen and oxygen atoms in total. The number of rotatable bonds is 8. The minimum Gasteiger partial charge on any atom is -0.479 e. The number of thioether (sulfide) groups is 1. The van der Waals surface area contributed by atoms with Crippen LogP contribution in [0.15, 0.2) is 41.6 Å². The molecule has 2 rings (SSSR count). The Morgan fingerprint density at radius 2 is 1.79 bits per heavy atom. The SMILES string of the molecule is CNCc1ccncc1Oc1ccc(SC)c(C)c1.O=C(O)[C@H](O)[C@@H](O)C(=O)O. The molecule has 0 radical (unpaired) electrons. The van der Waals surface area contributed by atoms with E-state index in [1.807, 2.05) is 19.2 Å². The number of carbonyl (C=O) groups is 2. The number of hydrogen-bond donors (Lipinski definition) is 5. The monoisotopic (exact) mass is 424 g/mol. The van der Waals surface area contributed by atoms with Crippen molar-refractivity contribution in [2.75, 3.05) is 13.3 Å². The van der Waals surface area contributed by atoms with E-state index in [0.717, 1.165) is 23.6 Å². The summed E-state index contributed by atoms with van der Waals surface area (Å²) in [7, 11) is 1.92. The molecule has 0 fully saturated rings. The second-order valence-electron chi connectivity index (χ2n) is 5.81. The third-order valence-electron chi connectivity index (χ3n) is 3.64. The Morgan fingerprint density at radius 3 is 2.28 bits per heavy atom. The standard InChI is InChI=1S/C15H18N2OS.C4H6O6/c1-11-8-13(4-5-15(11)19-3)18-14-10-17-7-6-12(14)9-16-2;5-1(3(7)8)2(6)4(9)10/h4-8,10,16H,9H2,1-3H3;1-2,5-6H,(H,7,8)(H,9,10)/t;1-,2-/m.1/s1. The lowest BCUT2D eigenvalue weighted by molar-refractivity contribution is -0.165. The quantitative estimate of drug-likeness (QED) is 0.395. The summed E-state index contributed by atoms with van der Waals surface area (Å²) in [6, 6.07) is 8.11. The summed E-state index contributed by atoms with van der Waals surface area (Å²) in [6.45, 7) is 2.86. The summed E-state index contributed by atoms with van der Waals surface area (Å²) in [4.78, 5) is 24.9. The van der Waals surface area contributed by atoms with Gasteiger partial charge in [-0.3, -0.25) is 4.98 Å². The second-order valence-corrected chi connectivity index (χ2v) is 6.66. The molecule has 0 saturated carbocycles. The van der Waals surface area contributed by atoms with Gasteiger partial charge in [-0.15, -0.1) is 11.8 Å². The van der Waals surface area contributed by atoms with Crippen molar-refractivity contribution in [2.24, 2.45) is 0 Å². The van der Waals surface area contributed by atoms with Crippen LogP contribution in [0, 0.1) is 6.92 Å². The molecule has 0 bridgehead atoms. The molecule has 10 heteroatoms. The highest BCUT2D eigenvalue weighted by atomic mass is 32.2. The molecule has 0 spiro atoms. The third-order valence-corrected chi connectivity index (χ3v) is 4.53. The molecule has 0 aliphatic rings. The van der Waals surface area contributed by atoms with E-state index < -0.39 is 24.1 Å². The largest absolute Gasteiger partial charge is 0.479 e. The Bertz CT molecular complexity index is 814. The van der Waals surface area contributed by atoms with Crippen LogP contribution in [0.25, 0.3) is 0 Å². The molecular weight excluding hydrogens is 400 g/mol. The molecule has 5 N–H and O–H groups in total. The normalized spacial score (nSPS) is 12.3. The van der Waals surface area contributed by atoms with Crippen molar-refractivity contribution in [3.05, 3.63) is 47.8 Å². The lowest BCUT2D eigenvalue weighted by atomic mass is 10.2. The third kappa shape index (κ3) is 7.70. The van der Waals surface area contributed by atoms with Gasteiger partial charge in [-0.1, -0.05) is 0 Å². The molecule has 1 aromatic heterocycles. The lowest BCUT2D eigenvalue weighted by Crippen LogP contribution is -2.39. The summed E-state index contributed by atoms with van der Waals surface area (Å²) >= 11 is 1.74. The number of carboxylic acid groups (broad SMARTS) is 2. The van der Waals surface area contributed by atoms with E-state index in [0.29, 0.717) is 0 Å². The molecule has 1 aromatic carbocycles. The maximum Gasteiger partial charge on any atom is 0.335 e. The second kappa shape index (κ2) is 12.0. The first-order valence-electron chi connectivity index (χ1n) is 8.43. The van der Waals surface area contributed by atoms with Gasteiger partial charge in [-0.2, -0.15) is 0 Å². The fourth-order valence-electron chi connectivity index (χ4n) is 2.15. The average molecular weight is 424 g/mol. The summed E-state index contributed by atoms with van der Waals surface area (Å²) in [5.41, 5.74) is 2.33. The molecule has 29 heavy (non-hydrogen) atoms. The van der Waals surface area contributed by atoms with Crippen LogP contribution in [0.5, 0.6) is 11.5 Å². The van der Waals surface area contributed by atoms with Gasteiger partial charge in [0.1, 0.15) is 11.5 Å². The fourth-order valence-corrected chi connectivity index (χ4v) is 2.73. The first kappa shape index (κ1) is 24.4. The predicted molar refractivity (Wildman–Crippen MR) is 107 cm³/mol. The van der Waals surface area contributed by atoms with E-state index in [2.05, 4.69) is 35.6 Å². The van der Waals surface area contributed by atoms with Crippen molar-refractivity contribution < 1.29 is 34.8 Å². The van der Waals surface area contributed by atoms with Gasteiger partial charge in [-0.25, -0.2) is 9.59 Å². The van der Waals surface area contributed by atoms with E-state index >= 15 is 0 Å². The maximum absolute atomic E-state index is 9.77. The number of aromatic nitrogens is 1. The van der Waals surface area contributed by atoms with Crippen molar-refractivity contribution in [3.8, 4) is 11.5 Å². The van der Waals surface area contributed by atoms with E-state index in [-0.39, 0.29) is 0 Å². The van der Waals surface area contributed by atoms with Crippen LogP contribution < -0.4 is 10.1 Å². The first-order valence-corrected chi connectivity index (χ1v) is 9.65. The van der Waals surface area contributed by atoms with Crippen molar-refractivity contribution in [2.45, 2.75) is 30.6 Å². The summed E-state index contributed by atoms with van der Waals surface area (Å²) in [6.07, 6.45) is 1.08. The van der Waals surface area contributed by atoms with Crippen LogP contribution in [-0.2, 0) is 16.1 Å². The molecule has 158 valence electrons. The zero-order valence-corrected chi connectivity index (χ0v) is 17.0. The van der Waals surface area contributed by atoms with Gasteiger partial charge < -0.3 is 30.5 Å². The highest BCUT2D eigenvalue weighted by Crippen LogP contribution is 2.28. The number of aliphatic hydroxyl groups is 2. The summed E-state index contributed by atoms with van der Waals surface area (Å²) < 4.78 is 5.93. The number of nitrogens with one attached hydrogen (secondary N) is 1. The number of aliphatic hydroxyl groups excluding tert-OH is 2. The zero-order chi connectivity index (χ0) is 22.0. The van der Waals surface area contributed by atoms with Crippen molar-refractivity contribution >= 4 is 23.7 Å². The van der Waals surface area contributed by atoms with Crippen molar-refractivity contribution in [1.82, 2.24) is 10.3 Å². The maximum atomic E-state index is 9.77. The minimum atomic E-state index is -2.27. The van der Waals surface area contributed by atoms with Crippen LogP contribution in [0.2, 0.25) is 0 Å². The Hall–Kier alpha value is -2.66. The average Bonchev–Trinajstić information content (AvgIpc) is 2.69. The minimum absolute atomic E-state index is 0.764. The molecule has 0 amide bonds. The van der Waals surface area contributed by atoms with Gasteiger partial charge in [0.05, 0.1) is 6.20 Å². The number of hydrogen-bond acceptors (Lipinski definition) is 8. The zero-order valence-electron chi connectivity index (χ0n) is 16.2. The Morgan fingerprint density at radius 1 is 1.17 bits per heavy atom. The van der Waals surface area contributed by atoms with Crippen LogP contribution in [0.3, 0.4) is 0 Å². The highest BCUT2D eigenvalue weighted by molar-refractivity contribution is 7.98. The van der Waals surface area contributed by atoms with Crippen LogP contribution in [0.1, 0.15) is 11.1 Å². The molecular formula is C19H24N2O7S. The molecule has 2 aromatic rings.